The molecule has 3 heterocycles. The molecule has 0 aliphatic carbocycles. The first-order valence-electron chi connectivity index (χ1n) is 12.0. The summed E-state index contributed by atoms with van der Waals surface area (Å²) in [5.74, 6) is 0.809. The number of ether oxygens (including phenoxy) is 3. The van der Waals surface area contributed by atoms with Gasteiger partial charge in [-0.1, -0.05) is 29.8 Å². The van der Waals surface area contributed by atoms with Gasteiger partial charge >= 0.3 is 0 Å². The number of benzene rings is 2. The maximum atomic E-state index is 13.7. The second-order valence-electron chi connectivity index (χ2n) is 8.87. The standard InChI is InChI=1S/C28H25ClN4O5/c1-36-24-10-19(14-34)37-15-23(24)33-26-16(11-30)12-31-28-25(26)21(13-32-28)27(35)20-8-7-18(9-22(20)29)38-17-5-3-2-4-6-17/h2-9,12-13,19,23-24,34H,10,14-15H2,1H3,(H2,31,32,33). The highest BCUT2D eigenvalue weighted by Gasteiger charge is 2.33. The van der Waals surface area contributed by atoms with Crippen LogP contribution in [0.1, 0.15) is 27.9 Å². The van der Waals surface area contributed by atoms with Gasteiger partial charge in [-0.25, -0.2) is 4.98 Å². The smallest absolute Gasteiger partial charge is 0.196 e. The number of fused-ring (bicyclic) bond motifs is 1. The number of nitrogens with one attached hydrogen (secondary N) is 2. The van der Waals surface area contributed by atoms with Crippen LogP contribution in [0.4, 0.5) is 5.69 Å². The summed E-state index contributed by atoms with van der Waals surface area (Å²) in [4.78, 5) is 21.1. The van der Waals surface area contributed by atoms with Crippen molar-refractivity contribution in [2.45, 2.75) is 24.7 Å². The number of pyridine rings is 1. The van der Waals surface area contributed by atoms with E-state index in [1.165, 1.54) is 6.20 Å². The Hall–Kier alpha value is -3.94. The van der Waals surface area contributed by atoms with Crippen molar-refractivity contribution in [2.24, 2.45) is 0 Å². The SMILES string of the molecule is COC1CC(CO)OCC1Nc1c(C#N)cnc2[nH]cc(C(=O)c3ccc(Oc4ccccc4)cc3Cl)c12. The van der Waals surface area contributed by atoms with Gasteiger partial charge in [0, 0.05) is 37.6 Å². The van der Waals surface area contributed by atoms with Crippen LogP contribution < -0.4 is 10.1 Å². The highest BCUT2D eigenvalue weighted by atomic mass is 35.5. The Bertz CT molecular complexity index is 1500. The number of nitrogens with zero attached hydrogens (tertiary/aromatic N) is 2. The highest BCUT2D eigenvalue weighted by Crippen LogP contribution is 2.34. The summed E-state index contributed by atoms with van der Waals surface area (Å²) in [5.41, 5.74) is 1.74. The molecule has 1 aliphatic rings. The first-order valence-corrected chi connectivity index (χ1v) is 12.4. The van der Waals surface area contributed by atoms with Crippen molar-refractivity contribution in [1.82, 2.24) is 9.97 Å². The number of carbonyl (C=O) groups excluding carboxylic acids is 1. The van der Waals surface area contributed by atoms with E-state index in [1.807, 2.05) is 30.3 Å². The fraction of sp³-hybridized carbons (Fsp3) is 0.250. The zero-order valence-electron chi connectivity index (χ0n) is 20.5. The molecule has 3 atom stereocenters. The van der Waals surface area contributed by atoms with Gasteiger partial charge in [-0.2, -0.15) is 5.26 Å². The molecular formula is C28H25ClN4O5. The molecule has 38 heavy (non-hydrogen) atoms. The molecule has 1 aliphatic heterocycles. The van der Waals surface area contributed by atoms with Crippen LogP contribution in [0, 0.1) is 11.3 Å². The molecule has 2 aromatic carbocycles. The molecule has 4 aromatic rings. The lowest BCUT2D eigenvalue weighted by molar-refractivity contribution is -0.0830. The van der Waals surface area contributed by atoms with Gasteiger partial charge < -0.3 is 29.6 Å². The molecule has 1 saturated heterocycles. The van der Waals surface area contributed by atoms with Crippen LogP contribution in [0.25, 0.3) is 11.0 Å². The number of aliphatic hydroxyl groups excluding tert-OH is 1. The van der Waals surface area contributed by atoms with Crippen molar-refractivity contribution in [2.75, 3.05) is 25.6 Å². The van der Waals surface area contributed by atoms with Crippen LogP contribution in [0.15, 0.2) is 60.9 Å². The lowest BCUT2D eigenvalue weighted by Crippen LogP contribution is -2.47. The van der Waals surface area contributed by atoms with Gasteiger partial charge in [0.05, 0.1) is 58.7 Å². The third-order valence-electron chi connectivity index (χ3n) is 6.52. The second-order valence-corrected chi connectivity index (χ2v) is 9.28. The summed E-state index contributed by atoms with van der Waals surface area (Å²) < 4.78 is 17.2. The number of anilines is 1. The number of hydrogen-bond acceptors (Lipinski definition) is 8. The average molecular weight is 533 g/mol. The first-order chi connectivity index (χ1) is 18.5. The van der Waals surface area contributed by atoms with E-state index in [-0.39, 0.29) is 53.4 Å². The van der Waals surface area contributed by atoms with Gasteiger partial charge in [0.2, 0.25) is 0 Å². The summed E-state index contributed by atoms with van der Waals surface area (Å²) in [7, 11) is 1.59. The van der Waals surface area contributed by atoms with Crippen molar-refractivity contribution in [3.63, 3.8) is 0 Å². The van der Waals surface area contributed by atoms with Crippen molar-refractivity contribution in [3.8, 4) is 17.6 Å². The van der Waals surface area contributed by atoms with Crippen LogP contribution in [-0.2, 0) is 9.47 Å². The number of methoxy groups -OCH3 is 1. The minimum Gasteiger partial charge on any atom is -0.457 e. The number of rotatable bonds is 8. The molecule has 5 rings (SSSR count). The third-order valence-corrected chi connectivity index (χ3v) is 6.83. The Morgan fingerprint density at radius 2 is 2.08 bits per heavy atom. The molecule has 0 amide bonds. The first kappa shape index (κ1) is 25.7. The molecule has 1 fully saturated rings. The fourth-order valence-electron chi connectivity index (χ4n) is 4.57. The molecule has 2 aromatic heterocycles. The van der Waals surface area contributed by atoms with E-state index >= 15 is 0 Å². The summed E-state index contributed by atoms with van der Waals surface area (Å²) in [5, 5.41) is 23.4. The minimum atomic E-state index is -0.337. The van der Waals surface area contributed by atoms with Gasteiger partial charge in [-0.3, -0.25) is 4.79 Å². The number of nitriles is 1. The maximum Gasteiger partial charge on any atom is 0.196 e. The predicted octanol–water partition coefficient (Wildman–Crippen LogP) is 4.69. The number of aromatic nitrogens is 2. The number of carbonyl (C=O) groups is 1. The largest absolute Gasteiger partial charge is 0.457 e. The van der Waals surface area contributed by atoms with Crippen molar-refractivity contribution in [3.05, 3.63) is 82.6 Å². The molecule has 10 heteroatoms. The number of aromatic amines is 1. The summed E-state index contributed by atoms with van der Waals surface area (Å²) in [6.45, 7) is 0.142. The number of halogens is 1. The maximum absolute atomic E-state index is 13.7. The summed E-state index contributed by atoms with van der Waals surface area (Å²) in [6.07, 6.45) is 2.88. The van der Waals surface area contributed by atoms with Gasteiger partial charge in [0.1, 0.15) is 23.2 Å². The lowest BCUT2D eigenvalue weighted by atomic mass is 9.98. The second kappa shape index (κ2) is 11.2. The number of H-pyrrole nitrogens is 1. The quantitative estimate of drug-likeness (QED) is 0.279. The molecule has 0 radical (unpaired) electrons. The fourth-order valence-corrected chi connectivity index (χ4v) is 4.83. The molecule has 0 spiro atoms. The molecule has 0 saturated carbocycles. The molecule has 9 nitrogen and oxygen atoms in total. The van der Waals surface area contributed by atoms with E-state index in [0.29, 0.717) is 40.2 Å². The van der Waals surface area contributed by atoms with Crippen molar-refractivity contribution < 1.29 is 24.1 Å². The van der Waals surface area contributed by atoms with Gasteiger partial charge in [-0.15, -0.1) is 0 Å². The zero-order chi connectivity index (χ0) is 26.6. The van der Waals surface area contributed by atoms with Crippen LogP contribution in [0.5, 0.6) is 11.5 Å². The number of ketones is 1. The van der Waals surface area contributed by atoms with E-state index in [2.05, 4.69) is 21.4 Å². The number of hydrogen-bond donors (Lipinski definition) is 3. The molecule has 0 bridgehead atoms. The van der Waals surface area contributed by atoms with Crippen LogP contribution in [-0.4, -0.2) is 59.4 Å². The molecule has 3 unspecified atom stereocenters. The Balaban J connectivity index is 1.49. The molecule has 194 valence electrons. The van der Waals surface area contributed by atoms with Crippen LogP contribution >= 0.6 is 11.6 Å². The average Bonchev–Trinajstić information content (AvgIpc) is 3.38. The summed E-state index contributed by atoms with van der Waals surface area (Å²) >= 11 is 6.53. The lowest BCUT2D eigenvalue weighted by Gasteiger charge is -2.36. The minimum absolute atomic E-state index is 0.109. The van der Waals surface area contributed by atoms with Gasteiger partial charge in [0.15, 0.2) is 5.78 Å². The Morgan fingerprint density at radius 1 is 1.26 bits per heavy atom. The number of aliphatic hydroxyl groups is 1. The Morgan fingerprint density at radius 3 is 2.79 bits per heavy atom. The predicted molar refractivity (Wildman–Crippen MR) is 142 cm³/mol. The Kier molecular flexibility index (Phi) is 7.58. The summed E-state index contributed by atoms with van der Waals surface area (Å²) in [6, 6.07) is 16.0. The normalized spacial score (nSPS) is 19.2. The van der Waals surface area contributed by atoms with Gasteiger partial charge in [-0.05, 0) is 24.3 Å². The van der Waals surface area contributed by atoms with E-state index < -0.39 is 0 Å². The highest BCUT2D eigenvalue weighted by molar-refractivity contribution is 6.36. The molecular weight excluding hydrogens is 508 g/mol. The third kappa shape index (κ3) is 5.08. The van der Waals surface area contributed by atoms with Crippen molar-refractivity contribution in [1.29, 1.82) is 5.26 Å². The topological polar surface area (TPSA) is 129 Å². The number of para-hydroxylation sites is 1. The van der Waals surface area contributed by atoms with E-state index in [4.69, 9.17) is 25.8 Å². The zero-order valence-corrected chi connectivity index (χ0v) is 21.2. The molecule has 3 N–H and O–H groups in total. The van der Waals surface area contributed by atoms with Gasteiger partial charge in [0.25, 0.3) is 0 Å². The van der Waals surface area contributed by atoms with Crippen molar-refractivity contribution >= 4 is 34.1 Å². The van der Waals surface area contributed by atoms with E-state index in [1.54, 1.807) is 31.5 Å². The van der Waals surface area contributed by atoms with Crippen LogP contribution in [0.2, 0.25) is 5.02 Å². The van der Waals surface area contributed by atoms with E-state index in [9.17, 15) is 15.2 Å². The monoisotopic (exact) mass is 532 g/mol. The Labute approximate surface area is 223 Å². The van der Waals surface area contributed by atoms with Crippen LogP contribution in [0.3, 0.4) is 0 Å². The van der Waals surface area contributed by atoms with E-state index in [0.717, 1.165) is 0 Å².